The maximum absolute atomic E-state index is 10.9. The van der Waals surface area contributed by atoms with E-state index in [-0.39, 0.29) is 16.7 Å². The minimum absolute atomic E-state index is 0.0296. The number of hydrogen-bond acceptors (Lipinski definition) is 2. The molecule has 78 valence electrons. The third-order valence-electron chi connectivity index (χ3n) is 2.59. The SMILES string of the molecule is C=CC1C=C(S(=O)(=O)O)C=C(C)C1C. The predicted molar refractivity (Wildman–Crippen MR) is 56.2 cm³/mol. The number of rotatable bonds is 2. The summed E-state index contributed by atoms with van der Waals surface area (Å²) in [5.74, 6) is 0.204. The first kappa shape index (κ1) is 11.2. The van der Waals surface area contributed by atoms with Crippen LogP contribution in [0.5, 0.6) is 0 Å². The van der Waals surface area contributed by atoms with Crippen LogP contribution >= 0.6 is 0 Å². The molecule has 0 bridgehead atoms. The highest BCUT2D eigenvalue weighted by atomic mass is 32.2. The van der Waals surface area contributed by atoms with Crippen LogP contribution in [0.1, 0.15) is 13.8 Å². The first-order valence-electron chi connectivity index (χ1n) is 4.36. The maximum atomic E-state index is 10.9. The van der Waals surface area contributed by atoms with Gasteiger partial charge in [0.15, 0.2) is 0 Å². The second-order valence-corrected chi connectivity index (χ2v) is 4.96. The third-order valence-corrected chi connectivity index (χ3v) is 3.44. The highest BCUT2D eigenvalue weighted by Crippen LogP contribution is 2.30. The third kappa shape index (κ3) is 2.13. The summed E-state index contributed by atoms with van der Waals surface area (Å²) < 4.78 is 30.7. The van der Waals surface area contributed by atoms with Gasteiger partial charge in [-0.05, 0) is 18.9 Å². The molecule has 0 fully saturated rings. The van der Waals surface area contributed by atoms with Crippen LogP contribution < -0.4 is 0 Å². The molecule has 2 atom stereocenters. The van der Waals surface area contributed by atoms with Crippen LogP contribution in [0, 0.1) is 11.8 Å². The van der Waals surface area contributed by atoms with Gasteiger partial charge in [-0.1, -0.05) is 24.6 Å². The summed E-state index contributed by atoms with van der Waals surface area (Å²) in [5.41, 5.74) is 0.935. The smallest absolute Gasteiger partial charge is 0.282 e. The van der Waals surface area contributed by atoms with Gasteiger partial charge in [0.1, 0.15) is 0 Å². The minimum Gasteiger partial charge on any atom is -0.282 e. The largest absolute Gasteiger partial charge is 0.294 e. The monoisotopic (exact) mass is 214 g/mol. The summed E-state index contributed by atoms with van der Waals surface area (Å²) in [6.07, 6.45) is 4.71. The molecular formula is C10H14O3S. The van der Waals surface area contributed by atoms with Gasteiger partial charge in [-0.15, -0.1) is 6.58 Å². The fraction of sp³-hybridized carbons (Fsp3) is 0.400. The molecule has 0 spiro atoms. The second-order valence-electron chi connectivity index (χ2n) is 3.53. The Kier molecular flexibility index (Phi) is 2.97. The zero-order valence-corrected chi connectivity index (χ0v) is 9.08. The van der Waals surface area contributed by atoms with E-state index in [2.05, 4.69) is 6.58 Å². The van der Waals surface area contributed by atoms with Crippen molar-refractivity contribution in [2.75, 3.05) is 0 Å². The van der Waals surface area contributed by atoms with Crippen molar-refractivity contribution in [2.24, 2.45) is 11.8 Å². The lowest BCUT2D eigenvalue weighted by Crippen LogP contribution is -2.15. The van der Waals surface area contributed by atoms with E-state index in [1.807, 2.05) is 13.8 Å². The van der Waals surface area contributed by atoms with E-state index < -0.39 is 10.1 Å². The minimum atomic E-state index is -4.09. The van der Waals surface area contributed by atoms with Crippen molar-refractivity contribution in [1.82, 2.24) is 0 Å². The van der Waals surface area contributed by atoms with E-state index in [1.54, 1.807) is 6.08 Å². The standard InChI is InChI=1S/C10H14O3S/c1-4-9-6-10(14(11,12)13)5-7(2)8(9)3/h4-6,8-9H,1H2,2-3H3,(H,11,12,13). The van der Waals surface area contributed by atoms with Crippen LogP contribution in [0.4, 0.5) is 0 Å². The lowest BCUT2D eigenvalue weighted by molar-refractivity contribution is 0.489. The first-order valence-corrected chi connectivity index (χ1v) is 5.80. The fourth-order valence-corrected chi connectivity index (χ4v) is 2.14. The first-order chi connectivity index (χ1) is 6.36. The van der Waals surface area contributed by atoms with E-state index in [0.29, 0.717) is 0 Å². The van der Waals surface area contributed by atoms with Crippen LogP contribution in [0.2, 0.25) is 0 Å². The van der Waals surface area contributed by atoms with Gasteiger partial charge in [-0.3, -0.25) is 4.55 Å². The molecule has 1 N–H and O–H groups in total. The van der Waals surface area contributed by atoms with Crippen molar-refractivity contribution in [2.45, 2.75) is 13.8 Å². The van der Waals surface area contributed by atoms with Crippen LogP contribution in [-0.4, -0.2) is 13.0 Å². The molecule has 0 heterocycles. The van der Waals surface area contributed by atoms with Crippen LogP contribution in [0.15, 0.2) is 35.3 Å². The molecule has 0 radical (unpaired) electrons. The molecule has 1 rings (SSSR count). The summed E-state index contributed by atoms with van der Waals surface area (Å²) in [7, 11) is -4.09. The molecule has 0 aliphatic heterocycles. The molecule has 4 heteroatoms. The van der Waals surface area contributed by atoms with Gasteiger partial charge in [0, 0.05) is 5.92 Å². The zero-order valence-electron chi connectivity index (χ0n) is 8.27. The van der Waals surface area contributed by atoms with Gasteiger partial charge in [-0.2, -0.15) is 8.42 Å². The zero-order chi connectivity index (χ0) is 10.9. The quantitative estimate of drug-likeness (QED) is 0.566. The molecule has 1 aliphatic carbocycles. The highest BCUT2D eigenvalue weighted by molar-refractivity contribution is 7.90. The highest BCUT2D eigenvalue weighted by Gasteiger charge is 2.23. The molecule has 0 aromatic rings. The summed E-state index contributed by atoms with van der Waals surface area (Å²) in [6.45, 7) is 7.48. The van der Waals surface area contributed by atoms with E-state index in [9.17, 15) is 8.42 Å². The lowest BCUT2D eigenvalue weighted by atomic mass is 9.84. The van der Waals surface area contributed by atoms with Gasteiger partial charge in [0.05, 0.1) is 4.91 Å². The van der Waals surface area contributed by atoms with E-state index in [4.69, 9.17) is 4.55 Å². The molecule has 3 nitrogen and oxygen atoms in total. The van der Waals surface area contributed by atoms with Crippen LogP contribution in [0.3, 0.4) is 0 Å². The summed E-state index contributed by atoms with van der Waals surface area (Å²) in [6, 6.07) is 0. The maximum Gasteiger partial charge on any atom is 0.294 e. The van der Waals surface area contributed by atoms with Crippen LogP contribution in [-0.2, 0) is 10.1 Å². The molecule has 0 saturated carbocycles. The normalized spacial score (nSPS) is 27.9. The molecule has 0 aromatic carbocycles. The Morgan fingerprint density at radius 1 is 1.57 bits per heavy atom. The molecule has 1 aliphatic rings. The fourth-order valence-electron chi connectivity index (χ4n) is 1.47. The summed E-state index contributed by atoms with van der Waals surface area (Å²) in [4.78, 5) is -0.0296. The number of allylic oxidation sites excluding steroid dienone is 4. The van der Waals surface area contributed by atoms with Gasteiger partial charge in [-0.25, -0.2) is 0 Å². The molecule has 14 heavy (non-hydrogen) atoms. The van der Waals surface area contributed by atoms with Crippen molar-refractivity contribution < 1.29 is 13.0 Å². The topological polar surface area (TPSA) is 54.4 Å². The van der Waals surface area contributed by atoms with Crippen molar-refractivity contribution in [3.05, 3.63) is 35.3 Å². The lowest BCUT2D eigenvalue weighted by Gasteiger charge is -2.23. The van der Waals surface area contributed by atoms with E-state index in [1.165, 1.54) is 12.2 Å². The molecule has 0 aromatic heterocycles. The Morgan fingerprint density at radius 2 is 2.14 bits per heavy atom. The Morgan fingerprint density at radius 3 is 2.57 bits per heavy atom. The van der Waals surface area contributed by atoms with Crippen molar-refractivity contribution in [3.63, 3.8) is 0 Å². The number of hydrogen-bond donors (Lipinski definition) is 1. The van der Waals surface area contributed by atoms with Gasteiger partial charge in [0.2, 0.25) is 0 Å². The Balaban J connectivity index is 3.18. The van der Waals surface area contributed by atoms with Crippen LogP contribution in [0.25, 0.3) is 0 Å². The molecule has 0 amide bonds. The van der Waals surface area contributed by atoms with Gasteiger partial charge >= 0.3 is 0 Å². The Hall–Kier alpha value is -0.870. The van der Waals surface area contributed by atoms with Crippen molar-refractivity contribution in [3.8, 4) is 0 Å². The Bertz CT molecular complexity index is 401. The second kappa shape index (κ2) is 3.71. The van der Waals surface area contributed by atoms with Crippen molar-refractivity contribution in [1.29, 1.82) is 0 Å². The Labute approximate surface area is 84.6 Å². The van der Waals surface area contributed by atoms with E-state index >= 15 is 0 Å². The van der Waals surface area contributed by atoms with Gasteiger partial charge in [0.25, 0.3) is 10.1 Å². The van der Waals surface area contributed by atoms with E-state index in [0.717, 1.165) is 5.57 Å². The average Bonchev–Trinajstić information content (AvgIpc) is 2.07. The van der Waals surface area contributed by atoms with Crippen molar-refractivity contribution >= 4 is 10.1 Å². The average molecular weight is 214 g/mol. The molecule has 2 unspecified atom stereocenters. The summed E-state index contributed by atoms with van der Waals surface area (Å²) in [5, 5.41) is 0. The molecule has 0 saturated heterocycles. The molecular weight excluding hydrogens is 200 g/mol. The predicted octanol–water partition coefficient (Wildman–Crippen LogP) is 2.16. The van der Waals surface area contributed by atoms with Gasteiger partial charge < -0.3 is 0 Å². The summed E-state index contributed by atoms with van der Waals surface area (Å²) >= 11 is 0.